The molecule has 1 aromatic heterocycles. The van der Waals surface area contributed by atoms with Crippen molar-refractivity contribution in [2.45, 2.75) is 0 Å². The Morgan fingerprint density at radius 2 is 1.84 bits per heavy atom. The summed E-state index contributed by atoms with van der Waals surface area (Å²) in [6.45, 7) is 5.82. The molecule has 0 bridgehead atoms. The van der Waals surface area contributed by atoms with Crippen molar-refractivity contribution < 1.29 is 14.0 Å². The monoisotopic (exact) mass is 439 g/mol. The standard InChI is InChI=1S/C22H19ClFN5O2/c1-2-20(30)28-5-7-29(8-6-28)22-16-10-17(23)14(11-19(16)26-12-27-22)15-9-13(21(25)31)3-4-18(15)24/h2-4,9-12H,1,5-8H2,(H2,25,31). The van der Waals surface area contributed by atoms with Gasteiger partial charge < -0.3 is 15.5 Å². The summed E-state index contributed by atoms with van der Waals surface area (Å²) in [5, 5.41) is 1.01. The fourth-order valence-corrected chi connectivity index (χ4v) is 3.94. The number of anilines is 1. The number of piperazine rings is 1. The SMILES string of the molecule is C=CC(=O)N1CCN(c2ncnc3cc(-c4cc(C(N)=O)ccc4F)c(Cl)cc23)CC1. The van der Waals surface area contributed by atoms with Gasteiger partial charge in [0.15, 0.2) is 0 Å². The van der Waals surface area contributed by atoms with Gasteiger partial charge in [0.05, 0.1) is 5.52 Å². The molecule has 2 amide bonds. The van der Waals surface area contributed by atoms with Crippen LogP contribution in [0.1, 0.15) is 10.4 Å². The summed E-state index contributed by atoms with van der Waals surface area (Å²) in [4.78, 5) is 35.8. The van der Waals surface area contributed by atoms with Gasteiger partial charge in [-0.25, -0.2) is 14.4 Å². The van der Waals surface area contributed by atoms with Gasteiger partial charge in [-0.2, -0.15) is 0 Å². The second kappa shape index (κ2) is 8.31. The van der Waals surface area contributed by atoms with E-state index in [1.54, 1.807) is 17.0 Å². The molecule has 158 valence electrons. The molecule has 2 aromatic carbocycles. The lowest BCUT2D eigenvalue weighted by Crippen LogP contribution is -2.48. The van der Waals surface area contributed by atoms with Gasteiger partial charge in [-0.05, 0) is 36.4 Å². The zero-order chi connectivity index (χ0) is 22.1. The summed E-state index contributed by atoms with van der Waals surface area (Å²) in [6, 6.07) is 7.25. The molecule has 0 spiro atoms. The lowest BCUT2D eigenvalue weighted by atomic mass is 10.0. The van der Waals surface area contributed by atoms with Gasteiger partial charge in [0.1, 0.15) is 18.0 Å². The van der Waals surface area contributed by atoms with Crippen molar-refractivity contribution in [2.75, 3.05) is 31.1 Å². The lowest BCUT2D eigenvalue weighted by Gasteiger charge is -2.35. The molecule has 1 saturated heterocycles. The van der Waals surface area contributed by atoms with Crippen LogP contribution in [0, 0.1) is 5.82 Å². The number of fused-ring (bicyclic) bond motifs is 1. The van der Waals surface area contributed by atoms with Crippen LogP contribution in [0.4, 0.5) is 10.2 Å². The molecular weight excluding hydrogens is 421 g/mol. The number of primary amides is 1. The average Bonchev–Trinajstić information content (AvgIpc) is 2.78. The first-order valence-corrected chi connectivity index (χ1v) is 9.97. The van der Waals surface area contributed by atoms with Crippen LogP contribution in [0.2, 0.25) is 5.02 Å². The predicted octanol–water partition coefficient (Wildman–Crippen LogP) is 3.02. The van der Waals surface area contributed by atoms with Gasteiger partial charge in [0, 0.05) is 53.3 Å². The summed E-state index contributed by atoms with van der Waals surface area (Å²) in [6.07, 6.45) is 2.75. The molecule has 1 aliphatic rings. The van der Waals surface area contributed by atoms with Crippen molar-refractivity contribution in [2.24, 2.45) is 5.73 Å². The first-order valence-electron chi connectivity index (χ1n) is 9.59. The van der Waals surface area contributed by atoms with Crippen LogP contribution >= 0.6 is 11.6 Å². The molecule has 2 N–H and O–H groups in total. The first kappa shape index (κ1) is 20.7. The summed E-state index contributed by atoms with van der Waals surface area (Å²) < 4.78 is 14.5. The van der Waals surface area contributed by atoms with Gasteiger partial charge in [-0.3, -0.25) is 9.59 Å². The number of benzene rings is 2. The molecule has 31 heavy (non-hydrogen) atoms. The highest BCUT2D eigenvalue weighted by Crippen LogP contribution is 2.36. The number of carbonyl (C=O) groups excluding carboxylic acids is 2. The fourth-order valence-electron chi connectivity index (χ4n) is 3.67. The van der Waals surface area contributed by atoms with Gasteiger partial charge in [0.25, 0.3) is 0 Å². The average molecular weight is 440 g/mol. The maximum atomic E-state index is 14.5. The number of halogens is 2. The highest BCUT2D eigenvalue weighted by Gasteiger charge is 2.23. The third-order valence-electron chi connectivity index (χ3n) is 5.31. The van der Waals surface area contributed by atoms with Gasteiger partial charge in [0.2, 0.25) is 11.8 Å². The summed E-state index contributed by atoms with van der Waals surface area (Å²) >= 11 is 6.52. The van der Waals surface area contributed by atoms with E-state index in [-0.39, 0.29) is 17.0 Å². The van der Waals surface area contributed by atoms with Crippen molar-refractivity contribution in [3.8, 4) is 11.1 Å². The molecule has 2 heterocycles. The first-order chi connectivity index (χ1) is 14.9. The van der Waals surface area contributed by atoms with Crippen LogP contribution in [0.5, 0.6) is 0 Å². The summed E-state index contributed by atoms with van der Waals surface area (Å²) in [5.74, 6) is -0.587. The van der Waals surface area contributed by atoms with E-state index in [2.05, 4.69) is 21.4 Å². The van der Waals surface area contributed by atoms with Crippen molar-refractivity contribution in [3.63, 3.8) is 0 Å². The second-order valence-corrected chi connectivity index (χ2v) is 7.53. The van der Waals surface area contributed by atoms with Crippen LogP contribution in [0.25, 0.3) is 22.0 Å². The van der Waals surface area contributed by atoms with Crippen LogP contribution < -0.4 is 10.6 Å². The Hall–Kier alpha value is -3.52. The third-order valence-corrected chi connectivity index (χ3v) is 5.62. The number of carbonyl (C=O) groups is 2. The molecule has 0 unspecified atom stereocenters. The van der Waals surface area contributed by atoms with Gasteiger partial charge in [-0.15, -0.1) is 0 Å². The highest BCUT2D eigenvalue weighted by atomic mass is 35.5. The number of amides is 2. The third kappa shape index (κ3) is 3.94. The van der Waals surface area contributed by atoms with Gasteiger partial charge >= 0.3 is 0 Å². The van der Waals surface area contributed by atoms with Crippen LogP contribution in [0.3, 0.4) is 0 Å². The molecule has 7 nitrogen and oxygen atoms in total. The predicted molar refractivity (Wildman–Crippen MR) is 117 cm³/mol. The van der Waals surface area contributed by atoms with Crippen molar-refractivity contribution in [3.05, 3.63) is 65.7 Å². The number of nitrogens with two attached hydrogens (primary N) is 1. The minimum absolute atomic E-state index is 0.0971. The second-order valence-electron chi connectivity index (χ2n) is 7.12. The van der Waals surface area contributed by atoms with E-state index in [1.165, 1.54) is 30.6 Å². The topological polar surface area (TPSA) is 92.4 Å². The van der Waals surface area contributed by atoms with Crippen LogP contribution in [-0.4, -0.2) is 52.9 Å². The Bertz CT molecular complexity index is 1210. The number of hydrogen-bond donors (Lipinski definition) is 1. The molecule has 0 aliphatic carbocycles. The van der Waals surface area contributed by atoms with Crippen LogP contribution in [-0.2, 0) is 4.79 Å². The molecule has 1 aliphatic heterocycles. The molecule has 0 radical (unpaired) electrons. The van der Waals surface area contributed by atoms with Crippen molar-refractivity contribution in [1.82, 2.24) is 14.9 Å². The van der Waals surface area contributed by atoms with E-state index >= 15 is 0 Å². The minimum atomic E-state index is -0.656. The Balaban J connectivity index is 1.73. The Labute approximate surface area is 182 Å². The normalized spacial score (nSPS) is 14.0. The zero-order valence-electron chi connectivity index (χ0n) is 16.5. The Kier molecular flexibility index (Phi) is 5.56. The van der Waals surface area contributed by atoms with E-state index in [1.807, 2.05) is 0 Å². The molecule has 3 aromatic rings. The highest BCUT2D eigenvalue weighted by molar-refractivity contribution is 6.34. The fraction of sp³-hybridized carbons (Fsp3) is 0.182. The zero-order valence-corrected chi connectivity index (χ0v) is 17.3. The van der Waals surface area contributed by atoms with E-state index in [4.69, 9.17) is 17.3 Å². The molecule has 4 rings (SSSR count). The Morgan fingerprint density at radius 1 is 1.10 bits per heavy atom. The number of rotatable bonds is 4. The van der Waals surface area contributed by atoms with E-state index in [9.17, 15) is 14.0 Å². The van der Waals surface area contributed by atoms with Crippen molar-refractivity contribution >= 4 is 40.1 Å². The van der Waals surface area contributed by atoms with E-state index < -0.39 is 11.7 Å². The molecule has 9 heteroatoms. The Morgan fingerprint density at radius 3 is 2.52 bits per heavy atom. The lowest BCUT2D eigenvalue weighted by molar-refractivity contribution is -0.126. The van der Waals surface area contributed by atoms with Crippen LogP contribution in [0.15, 0.2) is 49.3 Å². The number of hydrogen-bond acceptors (Lipinski definition) is 5. The minimum Gasteiger partial charge on any atom is -0.366 e. The quantitative estimate of drug-likeness (QED) is 0.631. The van der Waals surface area contributed by atoms with E-state index in [0.29, 0.717) is 53.5 Å². The summed E-state index contributed by atoms with van der Waals surface area (Å²) in [7, 11) is 0. The smallest absolute Gasteiger partial charge is 0.248 e. The summed E-state index contributed by atoms with van der Waals surface area (Å²) in [5.41, 5.74) is 6.66. The molecular formula is C22H19ClFN5O2. The molecule has 1 fully saturated rings. The van der Waals surface area contributed by atoms with Crippen molar-refractivity contribution in [1.29, 1.82) is 0 Å². The van der Waals surface area contributed by atoms with E-state index in [0.717, 1.165) is 0 Å². The number of nitrogens with zero attached hydrogens (tertiary/aromatic N) is 4. The number of aromatic nitrogens is 2. The molecule has 0 atom stereocenters. The maximum Gasteiger partial charge on any atom is 0.248 e. The van der Waals surface area contributed by atoms with Gasteiger partial charge in [-0.1, -0.05) is 18.2 Å². The largest absolute Gasteiger partial charge is 0.366 e. The maximum absolute atomic E-state index is 14.5. The molecule has 0 saturated carbocycles.